The summed E-state index contributed by atoms with van der Waals surface area (Å²) in [6.07, 6.45) is 0.794. The smallest absolute Gasteiger partial charge is 0.290 e. The maximum atomic E-state index is 13.4. The zero-order chi connectivity index (χ0) is 21.3. The molecule has 0 aliphatic carbocycles. The summed E-state index contributed by atoms with van der Waals surface area (Å²) in [5, 5.41) is 0.491. The average molecular weight is 406 g/mol. The molecule has 0 spiro atoms. The monoisotopic (exact) mass is 406 g/mol. The van der Waals surface area contributed by atoms with Crippen molar-refractivity contribution < 1.29 is 13.9 Å². The number of amides is 1. The van der Waals surface area contributed by atoms with Gasteiger partial charge in [-0.3, -0.25) is 9.59 Å². The Labute approximate surface area is 175 Å². The number of hydrogen-bond acceptors (Lipinski definition) is 5. The lowest BCUT2D eigenvalue weighted by Crippen LogP contribution is -2.32. The second-order valence-corrected chi connectivity index (χ2v) is 7.73. The molecule has 0 fully saturated rings. The number of carbonyl (C=O) groups is 1. The standard InChI is InChI=1S/C24H26N2O4/c1-4-29-17-10-7-9-16(15-17)21-20-22(27)18-11-5-6-12-19(18)30-23(20)24(28)26(21)14-8-13-25(2)3/h5-7,9-12,15,21H,4,8,13-14H2,1-3H3/t21-/m0/s1. The number of fused-ring (bicyclic) bond motifs is 2. The van der Waals surface area contributed by atoms with Gasteiger partial charge in [-0.25, -0.2) is 0 Å². The fourth-order valence-corrected chi connectivity index (χ4v) is 4.04. The molecule has 30 heavy (non-hydrogen) atoms. The number of para-hydroxylation sites is 1. The lowest BCUT2D eigenvalue weighted by Gasteiger charge is -2.26. The lowest BCUT2D eigenvalue weighted by molar-refractivity contribution is 0.0722. The number of nitrogens with zero attached hydrogens (tertiary/aromatic N) is 2. The molecule has 0 saturated carbocycles. The number of benzene rings is 2. The van der Waals surface area contributed by atoms with Gasteiger partial charge in [0.2, 0.25) is 5.76 Å². The van der Waals surface area contributed by atoms with Crippen LogP contribution in [0.2, 0.25) is 0 Å². The van der Waals surface area contributed by atoms with Crippen LogP contribution in [0, 0.1) is 0 Å². The summed E-state index contributed by atoms with van der Waals surface area (Å²) in [5.41, 5.74) is 1.55. The molecule has 2 aromatic carbocycles. The largest absolute Gasteiger partial charge is 0.494 e. The van der Waals surface area contributed by atoms with Gasteiger partial charge < -0.3 is 19.0 Å². The Balaban J connectivity index is 1.85. The molecule has 1 aliphatic heterocycles. The molecule has 0 radical (unpaired) electrons. The van der Waals surface area contributed by atoms with Gasteiger partial charge in [0, 0.05) is 6.54 Å². The molecule has 6 nitrogen and oxygen atoms in total. The molecule has 1 aromatic heterocycles. The minimum Gasteiger partial charge on any atom is -0.494 e. The van der Waals surface area contributed by atoms with Gasteiger partial charge in [-0.15, -0.1) is 0 Å². The number of hydrogen-bond donors (Lipinski definition) is 0. The summed E-state index contributed by atoms with van der Waals surface area (Å²) in [7, 11) is 4.00. The van der Waals surface area contributed by atoms with Crippen molar-refractivity contribution in [2.24, 2.45) is 0 Å². The third kappa shape index (κ3) is 3.59. The predicted molar refractivity (Wildman–Crippen MR) is 116 cm³/mol. The van der Waals surface area contributed by atoms with Crippen molar-refractivity contribution in [1.82, 2.24) is 9.80 Å². The fraction of sp³-hybridized carbons (Fsp3) is 0.333. The van der Waals surface area contributed by atoms with E-state index in [0.717, 1.165) is 18.5 Å². The highest BCUT2D eigenvalue weighted by atomic mass is 16.5. The summed E-state index contributed by atoms with van der Waals surface area (Å²) in [4.78, 5) is 30.6. The van der Waals surface area contributed by atoms with E-state index < -0.39 is 6.04 Å². The summed E-state index contributed by atoms with van der Waals surface area (Å²) < 4.78 is 11.6. The zero-order valence-corrected chi connectivity index (χ0v) is 17.6. The van der Waals surface area contributed by atoms with E-state index in [4.69, 9.17) is 9.15 Å². The van der Waals surface area contributed by atoms with Crippen LogP contribution in [0.1, 0.15) is 41.1 Å². The van der Waals surface area contributed by atoms with Crippen LogP contribution in [0.5, 0.6) is 5.75 Å². The van der Waals surface area contributed by atoms with Gasteiger partial charge in [0.05, 0.1) is 23.6 Å². The molecule has 1 aliphatic rings. The van der Waals surface area contributed by atoms with E-state index >= 15 is 0 Å². The average Bonchev–Trinajstić information content (AvgIpc) is 3.01. The summed E-state index contributed by atoms with van der Waals surface area (Å²) >= 11 is 0. The predicted octanol–water partition coefficient (Wildman–Crippen LogP) is 3.69. The molecule has 156 valence electrons. The van der Waals surface area contributed by atoms with Crippen LogP contribution < -0.4 is 10.2 Å². The molecule has 2 heterocycles. The fourth-order valence-electron chi connectivity index (χ4n) is 4.04. The lowest BCUT2D eigenvalue weighted by atomic mass is 9.98. The van der Waals surface area contributed by atoms with Crippen LogP contribution >= 0.6 is 0 Å². The highest BCUT2D eigenvalue weighted by Gasteiger charge is 2.42. The second-order valence-electron chi connectivity index (χ2n) is 7.73. The van der Waals surface area contributed by atoms with E-state index in [2.05, 4.69) is 4.90 Å². The van der Waals surface area contributed by atoms with Crippen molar-refractivity contribution in [1.29, 1.82) is 0 Å². The van der Waals surface area contributed by atoms with E-state index in [-0.39, 0.29) is 17.1 Å². The van der Waals surface area contributed by atoms with Crippen LogP contribution in [-0.2, 0) is 0 Å². The van der Waals surface area contributed by atoms with E-state index in [1.54, 1.807) is 23.1 Å². The first-order valence-electron chi connectivity index (χ1n) is 10.3. The first-order chi connectivity index (χ1) is 14.5. The Morgan fingerprint density at radius 1 is 1.10 bits per heavy atom. The highest BCUT2D eigenvalue weighted by molar-refractivity contribution is 5.99. The van der Waals surface area contributed by atoms with E-state index in [9.17, 15) is 9.59 Å². The Morgan fingerprint density at radius 3 is 2.67 bits per heavy atom. The molecule has 6 heteroatoms. The van der Waals surface area contributed by atoms with Gasteiger partial charge >= 0.3 is 0 Å². The molecule has 0 saturated heterocycles. The van der Waals surface area contributed by atoms with Crippen LogP contribution in [0.15, 0.2) is 57.7 Å². The van der Waals surface area contributed by atoms with Gasteiger partial charge in [-0.2, -0.15) is 0 Å². The van der Waals surface area contributed by atoms with Gasteiger partial charge in [0.25, 0.3) is 5.91 Å². The number of rotatable bonds is 7. The molecule has 0 unspecified atom stereocenters. The van der Waals surface area contributed by atoms with Gasteiger partial charge in [-0.05, 0) is 63.8 Å². The van der Waals surface area contributed by atoms with E-state index in [1.807, 2.05) is 51.4 Å². The van der Waals surface area contributed by atoms with Crippen molar-refractivity contribution in [2.45, 2.75) is 19.4 Å². The zero-order valence-electron chi connectivity index (χ0n) is 17.6. The maximum absolute atomic E-state index is 13.4. The minimum atomic E-state index is -0.490. The Hall–Kier alpha value is -3.12. The molecule has 0 bridgehead atoms. The maximum Gasteiger partial charge on any atom is 0.290 e. The first kappa shape index (κ1) is 20.2. The van der Waals surface area contributed by atoms with Crippen LogP contribution in [0.25, 0.3) is 11.0 Å². The van der Waals surface area contributed by atoms with Crippen molar-refractivity contribution in [3.63, 3.8) is 0 Å². The normalized spacial score (nSPS) is 15.8. The first-order valence-corrected chi connectivity index (χ1v) is 10.3. The van der Waals surface area contributed by atoms with Crippen molar-refractivity contribution >= 4 is 16.9 Å². The van der Waals surface area contributed by atoms with E-state index in [0.29, 0.717) is 35.4 Å². The molecule has 1 amide bonds. The second kappa shape index (κ2) is 8.32. The molecular weight excluding hydrogens is 380 g/mol. The van der Waals surface area contributed by atoms with Gasteiger partial charge in [-0.1, -0.05) is 24.3 Å². The van der Waals surface area contributed by atoms with Crippen LogP contribution in [0.4, 0.5) is 0 Å². The molecule has 3 aromatic rings. The summed E-state index contributed by atoms with van der Waals surface area (Å²) in [6.45, 7) is 3.84. The molecule has 0 N–H and O–H groups in total. The topological polar surface area (TPSA) is 63.0 Å². The third-order valence-electron chi connectivity index (χ3n) is 5.36. The summed E-state index contributed by atoms with van der Waals surface area (Å²) in [6, 6.07) is 14.2. The molecular formula is C24H26N2O4. The van der Waals surface area contributed by atoms with Crippen LogP contribution in [-0.4, -0.2) is 49.5 Å². The SMILES string of the molecule is CCOc1cccc([C@H]2c3c(oc4ccccc4c3=O)C(=O)N2CCCN(C)C)c1. The molecule has 1 atom stereocenters. The number of ether oxygens (including phenoxy) is 1. The minimum absolute atomic E-state index is 0.148. The van der Waals surface area contributed by atoms with Crippen molar-refractivity contribution in [2.75, 3.05) is 33.8 Å². The Bertz CT molecular complexity index is 1140. The van der Waals surface area contributed by atoms with Crippen LogP contribution in [0.3, 0.4) is 0 Å². The van der Waals surface area contributed by atoms with Crippen molar-refractivity contribution in [3.05, 3.63) is 75.6 Å². The quantitative estimate of drug-likeness (QED) is 0.599. The number of carbonyl (C=O) groups excluding carboxylic acids is 1. The Morgan fingerprint density at radius 2 is 1.90 bits per heavy atom. The van der Waals surface area contributed by atoms with Gasteiger partial charge in [0.1, 0.15) is 11.3 Å². The van der Waals surface area contributed by atoms with Gasteiger partial charge in [0.15, 0.2) is 5.43 Å². The summed E-state index contributed by atoms with van der Waals surface area (Å²) in [5.74, 6) is 0.628. The van der Waals surface area contributed by atoms with E-state index in [1.165, 1.54) is 0 Å². The van der Waals surface area contributed by atoms with Crippen molar-refractivity contribution in [3.8, 4) is 5.75 Å². The highest BCUT2D eigenvalue weighted by Crippen LogP contribution is 2.39. The third-order valence-corrected chi connectivity index (χ3v) is 5.36. The molecule has 4 rings (SSSR count). The Kier molecular flexibility index (Phi) is 5.59.